The maximum atomic E-state index is 11.0. The Labute approximate surface area is 124 Å². The summed E-state index contributed by atoms with van der Waals surface area (Å²) in [7, 11) is 1.90. The van der Waals surface area contributed by atoms with Crippen molar-refractivity contribution in [2.24, 2.45) is 5.84 Å². The Bertz CT molecular complexity index is 509. The summed E-state index contributed by atoms with van der Waals surface area (Å²) < 4.78 is 0. The Balaban J connectivity index is 2.16. The zero-order valence-corrected chi connectivity index (χ0v) is 12.5. The van der Waals surface area contributed by atoms with Crippen LogP contribution in [0.1, 0.15) is 19.8 Å². The minimum absolute atomic E-state index is 0.0152. The second-order valence-corrected chi connectivity index (χ2v) is 5.28. The second kappa shape index (κ2) is 6.68. The van der Waals surface area contributed by atoms with E-state index in [1.54, 1.807) is 0 Å². The average molecular weight is 294 g/mol. The molecule has 1 saturated heterocycles. The molecule has 116 valence electrons. The number of nitro groups is 1. The number of likely N-dealkylation sites (tertiary alicyclic amines) is 1. The number of hydrazine groups is 1. The first-order valence-corrected chi connectivity index (χ1v) is 7.13. The summed E-state index contributed by atoms with van der Waals surface area (Å²) in [6.07, 6.45) is 2.35. The van der Waals surface area contributed by atoms with E-state index < -0.39 is 4.92 Å². The van der Waals surface area contributed by atoms with Crippen LogP contribution in [0.3, 0.4) is 0 Å². The maximum Gasteiger partial charge on any atom is 0.276 e. The third-order valence-electron chi connectivity index (χ3n) is 3.94. The summed E-state index contributed by atoms with van der Waals surface area (Å²) in [5.41, 5.74) is 2.36. The molecule has 1 aromatic rings. The summed E-state index contributed by atoms with van der Waals surface area (Å²) in [6.45, 7) is 5.09. The lowest BCUT2D eigenvalue weighted by atomic mass is 10.2. The maximum absolute atomic E-state index is 11.0. The predicted octanol–water partition coefficient (Wildman–Crippen LogP) is 1.20. The summed E-state index contributed by atoms with van der Waals surface area (Å²) in [4.78, 5) is 19.2. The van der Waals surface area contributed by atoms with Crippen molar-refractivity contribution in [3.63, 3.8) is 0 Å². The number of nitrogens with one attached hydrogen (secondary N) is 1. The number of nitrogens with two attached hydrogens (primary N) is 1. The van der Waals surface area contributed by atoms with Gasteiger partial charge in [-0.25, -0.2) is 10.8 Å². The van der Waals surface area contributed by atoms with E-state index in [4.69, 9.17) is 5.84 Å². The van der Waals surface area contributed by atoms with Crippen molar-refractivity contribution >= 4 is 17.3 Å². The number of pyridine rings is 1. The van der Waals surface area contributed by atoms with Crippen LogP contribution in [-0.4, -0.2) is 47.5 Å². The molecule has 21 heavy (non-hydrogen) atoms. The number of likely N-dealkylation sites (N-methyl/N-ethyl adjacent to an activating group) is 2. The van der Waals surface area contributed by atoms with Crippen molar-refractivity contribution in [1.29, 1.82) is 0 Å². The molecular weight excluding hydrogens is 272 g/mol. The summed E-state index contributed by atoms with van der Waals surface area (Å²) in [5.74, 6) is 6.19. The van der Waals surface area contributed by atoms with Crippen LogP contribution in [0.25, 0.3) is 0 Å². The third-order valence-corrected chi connectivity index (χ3v) is 3.94. The van der Waals surface area contributed by atoms with Gasteiger partial charge in [-0.2, -0.15) is 0 Å². The molecule has 1 aliphatic heterocycles. The van der Waals surface area contributed by atoms with Crippen LogP contribution in [0.4, 0.5) is 17.3 Å². The topological polar surface area (TPSA) is 101 Å². The van der Waals surface area contributed by atoms with Gasteiger partial charge in [-0.05, 0) is 25.9 Å². The molecule has 2 heterocycles. The van der Waals surface area contributed by atoms with Gasteiger partial charge >= 0.3 is 0 Å². The lowest BCUT2D eigenvalue weighted by Crippen LogP contribution is -2.39. The van der Waals surface area contributed by atoms with Crippen molar-refractivity contribution in [1.82, 2.24) is 9.88 Å². The van der Waals surface area contributed by atoms with E-state index in [2.05, 4.69) is 22.2 Å². The monoisotopic (exact) mass is 294 g/mol. The molecule has 1 fully saturated rings. The highest BCUT2D eigenvalue weighted by Gasteiger charge is 2.25. The molecule has 0 radical (unpaired) electrons. The number of hydrogen-bond acceptors (Lipinski definition) is 7. The van der Waals surface area contributed by atoms with Crippen LogP contribution in [0.2, 0.25) is 0 Å². The van der Waals surface area contributed by atoms with Crippen molar-refractivity contribution in [2.45, 2.75) is 25.8 Å². The summed E-state index contributed by atoms with van der Waals surface area (Å²) in [5, 5.41) is 11.0. The van der Waals surface area contributed by atoms with Crippen LogP contribution in [0, 0.1) is 10.1 Å². The largest absolute Gasteiger partial charge is 0.358 e. The van der Waals surface area contributed by atoms with E-state index in [0.29, 0.717) is 17.7 Å². The first kappa shape index (κ1) is 15.5. The third kappa shape index (κ3) is 3.59. The molecule has 3 N–H and O–H groups in total. The van der Waals surface area contributed by atoms with Crippen molar-refractivity contribution in [2.75, 3.05) is 37.0 Å². The van der Waals surface area contributed by atoms with Crippen molar-refractivity contribution in [3.05, 3.63) is 22.2 Å². The molecule has 1 unspecified atom stereocenters. The normalized spacial score (nSPS) is 18.7. The molecule has 0 amide bonds. The zero-order chi connectivity index (χ0) is 15.4. The molecule has 0 saturated carbocycles. The molecule has 1 aliphatic rings. The van der Waals surface area contributed by atoms with E-state index >= 15 is 0 Å². The van der Waals surface area contributed by atoms with Gasteiger partial charge in [-0.15, -0.1) is 0 Å². The Morgan fingerprint density at radius 1 is 1.62 bits per heavy atom. The zero-order valence-electron chi connectivity index (χ0n) is 12.5. The van der Waals surface area contributed by atoms with Crippen LogP contribution in [0.5, 0.6) is 0 Å². The Kier molecular flexibility index (Phi) is 4.92. The number of anilines is 2. The van der Waals surface area contributed by atoms with E-state index in [1.165, 1.54) is 18.6 Å². The Morgan fingerprint density at radius 2 is 2.38 bits per heavy atom. The molecule has 8 heteroatoms. The molecule has 1 aromatic heterocycles. The molecule has 0 spiro atoms. The van der Waals surface area contributed by atoms with Gasteiger partial charge in [-0.1, -0.05) is 6.92 Å². The van der Waals surface area contributed by atoms with Gasteiger partial charge < -0.3 is 10.3 Å². The second-order valence-electron chi connectivity index (χ2n) is 5.28. The standard InChI is InChI=1S/C13H22N6O2/c1-3-18-6-4-5-10(18)9-17(2)13-8-11(19(20)21)7-12(15-13)16-14/h7-8,10H,3-6,9,14H2,1-2H3,(H,15,16). The van der Waals surface area contributed by atoms with Crippen LogP contribution < -0.4 is 16.2 Å². The SMILES string of the molecule is CCN1CCCC1CN(C)c1cc([N+](=O)[O-])cc(NN)n1. The summed E-state index contributed by atoms with van der Waals surface area (Å²) in [6, 6.07) is 3.27. The average Bonchev–Trinajstić information content (AvgIpc) is 2.93. The van der Waals surface area contributed by atoms with Gasteiger partial charge in [0.25, 0.3) is 5.69 Å². The smallest absolute Gasteiger partial charge is 0.276 e. The first-order chi connectivity index (χ1) is 10.0. The number of nitrogens with zero attached hydrogens (tertiary/aromatic N) is 4. The Hall–Kier alpha value is -1.93. The van der Waals surface area contributed by atoms with E-state index in [-0.39, 0.29) is 5.69 Å². The van der Waals surface area contributed by atoms with Crippen LogP contribution >= 0.6 is 0 Å². The predicted molar refractivity (Wildman–Crippen MR) is 82.2 cm³/mol. The van der Waals surface area contributed by atoms with Crippen molar-refractivity contribution in [3.8, 4) is 0 Å². The van der Waals surface area contributed by atoms with Gasteiger partial charge in [0, 0.05) is 19.6 Å². The number of rotatable bonds is 6. The van der Waals surface area contributed by atoms with Crippen LogP contribution in [0.15, 0.2) is 12.1 Å². The lowest BCUT2D eigenvalue weighted by Gasteiger charge is -2.28. The van der Waals surface area contributed by atoms with Crippen LogP contribution in [-0.2, 0) is 0 Å². The highest BCUT2D eigenvalue weighted by Crippen LogP contribution is 2.24. The van der Waals surface area contributed by atoms with Gasteiger partial charge in [0.2, 0.25) is 0 Å². The number of aromatic nitrogens is 1. The highest BCUT2D eigenvalue weighted by molar-refractivity contribution is 5.55. The van der Waals surface area contributed by atoms with E-state index in [0.717, 1.165) is 26.1 Å². The van der Waals surface area contributed by atoms with Gasteiger partial charge in [-0.3, -0.25) is 15.0 Å². The minimum atomic E-state index is -0.437. The fraction of sp³-hybridized carbons (Fsp3) is 0.615. The minimum Gasteiger partial charge on any atom is -0.358 e. The first-order valence-electron chi connectivity index (χ1n) is 7.13. The highest BCUT2D eigenvalue weighted by atomic mass is 16.6. The van der Waals surface area contributed by atoms with Crippen molar-refractivity contribution < 1.29 is 4.92 Å². The lowest BCUT2D eigenvalue weighted by molar-refractivity contribution is -0.384. The van der Waals surface area contributed by atoms with E-state index in [9.17, 15) is 10.1 Å². The molecule has 8 nitrogen and oxygen atoms in total. The fourth-order valence-corrected chi connectivity index (χ4v) is 2.80. The number of hydrogen-bond donors (Lipinski definition) is 2. The molecule has 1 atom stereocenters. The van der Waals surface area contributed by atoms with E-state index in [1.807, 2.05) is 11.9 Å². The molecule has 0 aromatic carbocycles. The molecule has 2 rings (SSSR count). The quantitative estimate of drug-likeness (QED) is 0.462. The van der Waals surface area contributed by atoms with Gasteiger partial charge in [0.05, 0.1) is 17.1 Å². The number of nitrogen functional groups attached to an aromatic ring is 1. The molecule has 0 bridgehead atoms. The van der Waals surface area contributed by atoms with Gasteiger partial charge in [0.15, 0.2) is 0 Å². The Morgan fingerprint density at radius 3 is 3.00 bits per heavy atom. The van der Waals surface area contributed by atoms with Gasteiger partial charge in [0.1, 0.15) is 11.6 Å². The fourth-order valence-electron chi connectivity index (χ4n) is 2.80. The summed E-state index contributed by atoms with van der Waals surface area (Å²) >= 11 is 0. The molecule has 0 aliphatic carbocycles. The molecular formula is C13H22N6O2.